The van der Waals surface area contributed by atoms with Gasteiger partial charge in [-0.15, -0.1) is 0 Å². The molecule has 0 aliphatic carbocycles. The molecule has 1 aromatic rings. The summed E-state index contributed by atoms with van der Waals surface area (Å²) < 4.78 is 10.5. The van der Waals surface area contributed by atoms with Gasteiger partial charge in [-0.3, -0.25) is 5.32 Å². The molecule has 0 spiro atoms. The summed E-state index contributed by atoms with van der Waals surface area (Å²) in [5, 5.41) is 12.3. The summed E-state index contributed by atoms with van der Waals surface area (Å²) in [7, 11) is 1.64. The molecule has 98 valence electrons. The van der Waals surface area contributed by atoms with Gasteiger partial charge in [-0.1, -0.05) is 19.1 Å². The van der Waals surface area contributed by atoms with Crippen LogP contribution in [0.5, 0.6) is 5.75 Å². The van der Waals surface area contributed by atoms with Gasteiger partial charge >= 0.3 is 0 Å². The Morgan fingerprint density at radius 3 is 2.89 bits per heavy atom. The Kier molecular flexibility index (Phi) is 6.85. The Hall–Kier alpha value is -1.57. The van der Waals surface area contributed by atoms with Crippen LogP contribution in [0, 0.1) is 11.3 Å². The maximum Gasteiger partial charge on any atom is 0.121 e. The van der Waals surface area contributed by atoms with E-state index in [2.05, 4.69) is 18.3 Å². The Morgan fingerprint density at radius 2 is 2.22 bits per heavy atom. The summed E-state index contributed by atoms with van der Waals surface area (Å²) in [5.41, 5.74) is 0.919. The smallest absolute Gasteiger partial charge is 0.121 e. The average Bonchev–Trinajstić information content (AvgIpc) is 2.42. The molecule has 0 aliphatic heterocycles. The van der Waals surface area contributed by atoms with E-state index < -0.39 is 0 Å². The predicted molar refractivity (Wildman–Crippen MR) is 70.5 cm³/mol. The minimum Gasteiger partial charge on any atom is -0.494 e. The normalized spacial score (nSPS) is 11.8. The molecule has 0 radical (unpaired) electrons. The molecule has 18 heavy (non-hydrogen) atoms. The number of nitriles is 1. The fourth-order valence-electron chi connectivity index (χ4n) is 1.55. The van der Waals surface area contributed by atoms with Crippen molar-refractivity contribution >= 4 is 0 Å². The topological polar surface area (TPSA) is 54.3 Å². The van der Waals surface area contributed by atoms with Crippen LogP contribution >= 0.6 is 0 Å². The number of nitrogens with zero attached hydrogens (tertiary/aromatic N) is 1. The highest BCUT2D eigenvalue weighted by Crippen LogP contribution is 2.19. The molecule has 4 heteroatoms. The maximum atomic E-state index is 9.15. The molecule has 0 aliphatic rings. The minimum absolute atomic E-state index is 0.328. The lowest BCUT2D eigenvalue weighted by molar-refractivity contribution is 0.198. The van der Waals surface area contributed by atoms with Gasteiger partial charge in [-0.25, -0.2) is 0 Å². The van der Waals surface area contributed by atoms with Crippen molar-refractivity contribution in [2.75, 3.05) is 26.9 Å². The van der Waals surface area contributed by atoms with Crippen LogP contribution in [-0.2, 0) is 4.74 Å². The summed E-state index contributed by atoms with van der Waals surface area (Å²) >= 11 is 0. The molecule has 1 unspecified atom stereocenters. The quantitative estimate of drug-likeness (QED) is 0.717. The van der Waals surface area contributed by atoms with Gasteiger partial charge in [-0.05, 0) is 24.1 Å². The molecular weight excluding hydrogens is 228 g/mol. The van der Waals surface area contributed by atoms with Crippen molar-refractivity contribution in [3.05, 3.63) is 29.8 Å². The van der Waals surface area contributed by atoms with Crippen LogP contribution < -0.4 is 10.1 Å². The van der Waals surface area contributed by atoms with Crippen LogP contribution in [0.15, 0.2) is 24.3 Å². The fraction of sp³-hybridized carbons (Fsp3) is 0.500. The molecule has 0 saturated carbocycles. The van der Waals surface area contributed by atoms with Crippen molar-refractivity contribution in [3.8, 4) is 11.8 Å². The lowest BCUT2D eigenvalue weighted by atomic mass is 10.1. The zero-order valence-electron chi connectivity index (χ0n) is 11.0. The molecule has 4 nitrogen and oxygen atoms in total. The Balaban J connectivity index is 2.64. The van der Waals surface area contributed by atoms with Crippen LogP contribution in [0.1, 0.15) is 24.9 Å². The predicted octanol–water partition coefficient (Wildman–Crippen LogP) is 2.28. The number of rotatable bonds is 8. The highest BCUT2D eigenvalue weighted by atomic mass is 16.5. The van der Waals surface area contributed by atoms with Crippen molar-refractivity contribution < 1.29 is 9.47 Å². The molecule has 0 bridgehead atoms. The Labute approximate surface area is 109 Å². The summed E-state index contributed by atoms with van der Waals surface area (Å²) in [6.07, 6.45) is 0.970. The van der Waals surface area contributed by atoms with Gasteiger partial charge in [-0.2, -0.15) is 5.26 Å². The van der Waals surface area contributed by atoms with Gasteiger partial charge in [0, 0.05) is 13.7 Å². The van der Waals surface area contributed by atoms with Crippen molar-refractivity contribution in [1.29, 1.82) is 5.26 Å². The second-order valence-corrected chi connectivity index (χ2v) is 3.93. The van der Waals surface area contributed by atoms with E-state index in [4.69, 9.17) is 14.7 Å². The Morgan fingerprint density at radius 1 is 1.39 bits per heavy atom. The lowest BCUT2D eigenvalue weighted by Crippen LogP contribution is -2.23. The van der Waals surface area contributed by atoms with E-state index in [0.29, 0.717) is 19.8 Å². The first-order chi connectivity index (χ1) is 8.81. The molecule has 1 atom stereocenters. The summed E-state index contributed by atoms with van der Waals surface area (Å²) in [4.78, 5) is 0. The molecule has 0 heterocycles. The zero-order chi connectivity index (χ0) is 13.2. The number of ether oxygens (including phenoxy) is 2. The second kappa shape index (κ2) is 8.51. The third kappa shape index (κ3) is 4.74. The average molecular weight is 248 g/mol. The Bertz CT molecular complexity index is 388. The first-order valence-corrected chi connectivity index (χ1v) is 6.16. The number of nitrogens with one attached hydrogen (secondary N) is 1. The third-order valence-corrected chi connectivity index (χ3v) is 2.45. The molecule has 1 rings (SSSR count). The first-order valence-electron chi connectivity index (χ1n) is 6.16. The summed E-state index contributed by atoms with van der Waals surface area (Å²) in [6.45, 7) is 3.99. The van der Waals surface area contributed by atoms with Crippen molar-refractivity contribution in [3.63, 3.8) is 0 Å². The van der Waals surface area contributed by atoms with E-state index in [-0.39, 0.29) is 6.04 Å². The fourth-order valence-corrected chi connectivity index (χ4v) is 1.55. The minimum atomic E-state index is -0.328. The first kappa shape index (κ1) is 14.5. The molecule has 0 fully saturated rings. The number of benzene rings is 1. The number of hydrogen-bond donors (Lipinski definition) is 1. The third-order valence-electron chi connectivity index (χ3n) is 2.45. The highest BCUT2D eigenvalue weighted by Gasteiger charge is 2.10. The van der Waals surface area contributed by atoms with Crippen LogP contribution in [0.3, 0.4) is 0 Å². The lowest BCUT2D eigenvalue weighted by Gasteiger charge is -2.13. The van der Waals surface area contributed by atoms with E-state index in [1.807, 2.05) is 24.3 Å². The largest absolute Gasteiger partial charge is 0.494 e. The molecule has 1 N–H and O–H groups in total. The van der Waals surface area contributed by atoms with Crippen LogP contribution in [0.2, 0.25) is 0 Å². The molecule has 0 saturated heterocycles. The van der Waals surface area contributed by atoms with Gasteiger partial charge in [0.15, 0.2) is 0 Å². The molecule has 1 aromatic carbocycles. The van der Waals surface area contributed by atoms with Crippen molar-refractivity contribution in [1.82, 2.24) is 5.32 Å². The zero-order valence-corrected chi connectivity index (χ0v) is 11.0. The van der Waals surface area contributed by atoms with Gasteiger partial charge in [0.1, 0.15) is 11.8 Å². The SMILES string of the molecule is CCCOc1cccc(C(C#N)NCCOC)c1. The van der Waals surface area contributed by atoms with Crippen LogP contribution in [-0.4, -0.2) is 26.9 Å². The second-order valence-electron chi connectivity index (χ2n) is 3.93. The summed E-state index contributed by atoms with van der Waals surface area (Å²) in [5.74, 6) is 0.808. The van der Waals surface area contributed by atoms with Gasteiger partial charge in [0.25, 0.3) is 0 Å². The summed E-state index contributed by atoms with van der Waals surface area (Å²) in [6, 6.07) is 9.55. The maximum absolute atomic E-state index is 9.15. The van der Waals surface area contributed by atoms with Crippen LogP contribution in [0.25, 0.3) is 0 Å². The van der Waals surface area contributed by atoms with E-state index >= 15 is 0 Å². The van der Waals surface area contributed by atoms with Gasteiger partial charge in [0.05, 0.1) is 19.3 Å². The molecular formula is C14H20N2O2. The van der Waals surface area contributed by atoms with E-state index in [1.165, 1.54) is 0 Å². The van der Waals surface area contributed by atoms with E-state index in [1.54, 1.807) is 7.11 Å². The molecule has 0 aromatic heterocycles. The van der Waals surface area contributed by atoms with Crippen molar-refractivity contribution in [2.24, 2.45) is 0 Å². The standard InChI is InChI=1S/C14H20N2O2/c1-3-8-18-13-6-4-5-12(10-13)14(11-15)16-7-9-17-2/h4-6,10,14,16H,3,7-9H2,1-2H3. The highest BCUT2D eigenvalue weighted by molar-refractivity contribution is 5.33. The van der Waals surface area contributed by atoms with Gasteiger partial charge in [0.2, 0.25) is 0 Å². The van der Waals surface area contributed by atoms with Crippen LogP contribution in [0.4, 0.5) is 0 Å². The number of hydrogen-bond acceptors (Lipinski definition) is 4. The van der Waals surface area contributed by atoms with Crippen molar-refractivity contribution in [2.45, 2.75) is 19.4 Å². The molecule has 0 amide bonds. The number of methoxy groups -OCH3 is 1. The van der Waals surface area contributed by atoms with Gasteiger partial charge < -0.3 is 9.47 Å². The van der Waals surface area contributed by atoms with E-state index in [0.717, 1.165) is 17.7 Å². The monoisotopic (exact) mass is 248 g/mol. The van der Waals surface area contributed by atoms with E-state index in [9.17, 15) is 0 Å².